The smallest absolute Gasteiger partial charge is 0.147 e. The third-order valence-corrected chi connectivity index (χ3v) is 2.95. The van der Waals surface area contributed by atoms with Crippen LogP contribution in [-0.2, 0) is 19.6 Å². The van der Waals surface area contributed by atoms with Crippen LogP contribution in [0, 0.1) is 0 Å². The molecule has 0 fully saturated rings. The summed E-state index contributed by atoms with van der Waals surface area (Å²) in [5, 5.41) is 0. The van der Waals surface area contributed by atoms with Gasteiger partial charge in [0.15, 0.2) is 0 Å². The van der Waals surface area contributed by atoms with Crippen LogP contribution in [-0.4, -0.2) is 26.1 Å². The topological polar surface area (TPSA) is 72.9 Å². The van der Waals surface area contributed by atoms with Gasteiger partial charge in [-0.15, -0.1) is 0 Å². The summed E-state index contributed by atoms with van der Waals surface area (Å²) in [5.41, 5.74) is 6.39. The van der Waals surface area contributed by atoms with E-state index < -0.39 is 0 Å². The lowest BCUT2D eigenvalue weighted by Crippen LogP contribution is -2.34. The fraction of sp³-hybridized carbons (Fsp3) is 0.364. The highest BCUT2D eigenvalue weighted by Crippen LogP contribution is 2.17. The summed E-state index contributed by atoms with van der Waals surface area (Å²) in [7, 11) is 0. The van der Waals surface area contributed by atoms with Gasteiger partial charge >= 0.3 is 0 Å². The summed E-state index contributed by atoms with van der Waals surface area (Å²) >= 11 is 0. The summed E-state index contributed by atoms with van der Waals surface area (Å²) in [5.74, 6) is 1.94. The average molecular weight is 230 g/mol. The first-order valence-corrected chi connectivity index (χ1v) is 5.63. The molecule has 0 unspecified atom stereocenters. The molecule has 0 bridgehead atoms. The highest BCUT2D eigenvalue weighted by Gasteiger charge is 2.17. The zero-order valence-electron chi connectivity index (χ0n) is 9.45. The molecule has 0 radical (unpaired) electrons. The molecule has 0 saturated heterocycles. The third kappa shape index (κ3) is 1.87. The van der Waals surface area contributed by atoms with E-state index in [-0.39, 0.29) is 0 Å². The Morgan fingerprint density at radius 1 is 1.29 bits per heavy atom. The zero-order chi connectivity index (χ0) is 11.7. The maximum atomic E-state index is 5.57. The molecular weight excluding hydrogens is 216 g/mol. The first-order chi connectivity index (χ1) is 8.36. The van der Waals surface area contributed by atoms with E-state index in [2.05, 4.69) is 24.4 Å². The highest BCUT2D eigenvalue weighted by molar-refractivity contribution is 5.37. The molecule has 0 amide bonds. The van der Waals surface area contributed by atoms with Crippen LogP contribution < -0.4 is 10.6 Å². The zero-order valence-corrected chi connectivity index (χ0v) is 9.45. The van der Waals surface area contributed by atoms with Crippen molar-refractivity contribution in [2.24, 2.45) is 5.73 Å². The van der Waals surface area contributed by atoms with E-state index in [0.717, 1.165) is 37.0 Å². The van der Waals surface area contributed by atoms with Crippen LogP contribution in [0.4, 0.5) is 5.82 Å². The number of nitrogens with zero attached hydrogens (tertiary/aromatic N) is 5. The van der Waals surface area contributed by atoms with E-state index >= 15 is 0 Å². The molecule has 6 heteroatoms. The summed E-state index contributed by atoms with van der Waals surface area (Å²) < 4.78 is 2.16. The van der Waals surface area contributed by atoms with Crippen LogP contribution in [0.15, 0.2) is 24.8 Å². The molecule has 0 saturated carbocycles. The highest BCUT2D eigenvalue weighted by atomic mass is 15.3. The Bertz CT molecular complexity index is 520. The van der Waals surface area contributed by atoms with Gasteiger partial charge in [0.1, 0.15) is 11.6 Å². The van der Waals surface area contributed by atoms with Crippen LogP contribution >= 0.6 is 0 Å². The second-order valence-corrected chi connectivity index (χ2v) is 4.03. The van der Waals surface area contributed by atoms with Crippen molar-refractivity contribution in [3.05, 3.63) is 36.3 Å². The van der Waals surface area contributed by atoms with Gasteiger partial charge in [-0.05, 0) is 0 Å². The van der Waals surface area contributed by atoms with Crippen molar-refractivity contribution in [1.82, 2.24) is 19.5 Å². The van der Waals surface area contributed by atoms with E-state index in [1.165, 1.54) is 0 Å². The van der Waals surface area contributed by atoms with Crippen LogP contribution in [0.2, 0.25) is 0 Å². The predicted octanol–water partition coefficient (Wildman–Crippen LogP) is 0.152. The molecule has 2 N–H and O–H groups in total. The number of fused-ring (bicyclic) bond motifs is 1. The van der Waals surface area contributed by atoms with E-state index in [1.54, 1.807) is 12.4 Å². The summed E-state index contributed by atoms with van der Waals surface area (Å²) in [4.78, 5) is 15.1. The molecule has 2 aromatic rings. The largest absolute Gasteiger partial charge is 0.346 e. The Labute approximate surface area is 99.1 Å². The molecule has 3 heterocycles. The fourth-order valence-corrected chi connectivity index (χ4v) is 2.01. The summed E-state index contributed by atoms with van der Waals surface area (Å²) in [6.07, 6.45) is 7.32. The second kappa shape index (κ2) is 4.14. The van der Waals surface area contributed by atoms with Crippen molar-refractivity contribution >= 4 is 5.82 Å². The molecule has 88 valence electrons. The quantitative estimate of drug-likeness (QED) is 0.795. The average Bonchev–Trinajstić information content (AvgIpc) is 2.86. The van der Waals surface area contributed by atoms with Gasteiger partial charge in [0.05, 0.1) is 18.4 Å². The van der Waals surface area contributed by atoms with Crippen molar-refractivity contribution in [3.63, 3.8) is 0 Å². The number of aromatic nitrogens is 4. The number of nitrogens with two attached hydrogens (primary N) is 1. The van der Waals surface area contributed by atoms with Gasteiger partial charge in [-0.25, -0.2) is 9.97 Å². The van der Waals surface area contributed by atoms with Gasteiger partial charge in [-0.3, -0.25) is 4.98 Å². The normalized spacial score (nSPS) is 14.8. The van der Waals surface area contributed by atoms with Crippen LogP contribution in [0.25, 0.3) is 0 Å². The van der Waals surface area contributed by atoms with Gasteiger partial charge in [-0.2, -0.15) is 0 Å². The van der Waals surface area contributed by atoms with Crippen molar-refractivity contribution in [3.8, 4) is 0 Å². The van der Waals surface area contributed by atoms with E-state index in [9.17, 15) is 0 Å². The summed E-state index contributed by atoms with van der Waals surface area (Å²) in [6, 6.07) is 0. The lowest BCUT2D eigenvalue weighted by atomic mass is 10.3. The van der Waals surface area contributed by atoms with E-state index in [1.807, 2.05) is 12.4 Å². The van der Waals surface area contributed by atoms with Crippen molar-refractivity contribution < 1.29 is 0 Å². The molecule has 2 aromatic heterocycles. The minimum absolute atomic E-state index is 0.420. The monoisotopic (exact) mass is 230 g/mol. The summed E-state index contributed by atoms with van der Waals surface area (Å²) in [6.45, 7) is 3.05. The molecule has 3 rings (SSSR count). The molecule has 6 nitrogen and oxygen atoms in total. The number of hydrogen-bond acceptors (Lipinski definition) is 5. The third-order valence-electron chi connectivity index (χ3n) is 2.95. The Balaban J connectivity index is 1.86. The molecular formula is C11H14N6. The van der Waals surface area contributed by atoms with E-state index in [4.69, 9.17) is 5.73 Å². The standard InChI is InChI=1S/C11H14N6/c12-5-9-6-13-7-10(15-9)17-4-3-16-2-1-14-11(16)8-17/h1-2,6-7H,3-5,8,12H2. The maximum absolute atomic E-state index is 5.57. The van der Waals surface area contributed by atoms with Crippen LogP contribution in [0.1, 0.15) is 11.5 Å². The first-order valence-electron chi connectivity index (χ1n) is 5.63. The van der Waals surface area contributed by atoms with Gasteiger partial charge in [0.25, 0.3) is 0 Å². The number of hydrogen-bond donors (Lipinski definition) is 1. The number of rotatable bonds is 2. The molecule has 17 heavy (non-hydrogen) atoms. The Morgan fingerprint density at radius 3 is 3.12 bits per heavy atom. The fourth-order valence-electron chi connectivity index (χ4n) is 2.01. The van der Waals surface area contributed by atoms with Gasteiger partial charge in [-0.1, -0.05) is 0 Å². The Morgan fingerprint density at radius 2 is 2.24 bits per heavy atom. The molecule has 0 spiro atoms. The maximum Gasteiger partial charge on any atom is 0.147 e. The lowest BCUT2D eigenvalue weighted by molar-refractivity contribution is 0.555. The minimum atomic E-state index is 0.420. The second-order valence-electron chi connectivity index (χ2n) is 4.03. The Hall–Kier alpha value is -1.95. The minimum Gasteiger partial charge on any atom is -0.346 e. The Kier molecular flexibility index (Phi) is 2.49. The van der Waals surface area contributed by atoms with Crippen molar-refractivity contribution in [2.45, 2.75) is 19.6 Å². The van der Waals surface area contributed by atoms with Gasteiger partial charge in [0.2, 0.25) is 0 Å². The van der Waals surface area contributed by atoms with Crippen LogP contribution in [0.3, 0.4) is 0 Å². The lowest BCUT2D eigenvalue weighted by Gasteiger charge is -2.28. The van der Waals surface area contributed by atoms with Crippen molar-refractivity contribution in [2.75, 3.05) is 11.4 Å². The molecule has 0 aromatic carbocycles. The van der Waals surface area contributed by atoms with Crippen LogP contribution in [0.5, 0.6) is 0 Å². The van der Waals surface area contributed by atoms with E-state index in [0.29, 0.717) is 6.54 Å². The number of anilines is 1. The molecule has 1 aliphatic rings. The van der Waals surface area contributed by atoms with Gasteiger partial charge in [0, 0.05) is 38.2 Å². The molecule has 1 aliphatic heterocycles. The predicted molar refractivity (Wildman–Crippen MR) is 63.2 cm³/mol. The number of imidazole rings is 1. The molecule has 0 atom stereocenters. The van der Waals surface area contributed by atoms with Gasteiger partial charge < -0.3 is 15.2 Å². The molecule has 0 aliphatic carbocycles. The SMILES string of the molecule is NCc1cncc(N2CCn3ccnc3C2)n1. The van der Waals surface area contributed by atoms with Crippen molar-refractivity contribution in [1.29, 1.82) is 0 Å². The first kappa shape index (κ1) is 10.2.